The summed E-state index contributed by atoms with van der Waals surface area (Å²) in [6, 6.07) is 0.424. The molecule has 0 radical (unpaired) electrons. The van der Waals surface area contributed by atoms with Crippen LogP contribution in [0.2, 0.25) is 0 Å². The number of aromatic nitrogens is 4. The lowest BCUT2D eigenvalue weighted by molar-refractivity contribution is 0.0196. The zero-order valence-electron chi connectivity index (χ0n) is 14.6. The van der Waals surface area contributed by atoms with Gasteiger partial charge in [-0.2, -0.15) is 10.2 Å². The summed E-state index contributed by atoms with van der Waals surface area (Å²) >= 11 is 0. The summed E-state index contributed by atoms with van der Waals surface area (Å²) in [4.78, 5) is 2.56. The first kappa shape index (κ1) is 15.8. The van der Waals surface area contributed by atoms with Gasteiger partial charge in [0.1, 0.15) is 0 Å². The van der Waals surface area contributed by atoms with Gasteiger partial charge in [0, 0.05) is 57.8 Å². The summed E-state index contributed by atoms with van der Waals surface area (Å²) in [6.07, 6.45) is 13.3. The van der Waals surface area contributed by atoms with Crippen LogP contribution in [0.5, 0.6) is 0 Å². The van der Waals surface area contributed by atoms with E-state index in [0.717, 1.165) is 38.5 Å². The first-order valence-electron chi connectivity index (χ1n) is 8.98. The molecule has 2 aromatic rings. The smallest absolute Gasteiger partial charge is 0.0745 e. The molecular formula is C18H27N5O. The van der Waals surface area contributed by atoms with E-state index in [1.165, 1.54) is 24.0 Å². The predicted molar refractivity (Wildman–Crippen MR) is 91.4 cm³/mol. The molecular weight excluding hydrogens is 302 g/mol. The molecule has 0 spiro atoms. The number of aryl methyl sites for hydroxylation is 2. The Morgan fingerprint density at radius 2 is 1.75 bits per heavy atom. The SMILES string of the molecule is Cn1cc(C[C@H]2[C@H](OCC3CC3)CCN2Cc2cnn(C)c2)cn1. The van der Waals surface area contributed by atoms with Gasteiger partial charge >= 0.3 is 0 Å². The maximum absolute atomic E-state index is 6.30. The van der Waals surface area contributed by atoms with Crippen molar-refractivity contribution in [3.63, 3.8) is 0 Å². The second kappa shape index (κ2) is 6.69. The van der Waals surface area contributed by atoms with Gasteiger partial charge in [-0.15, -0.1) is 0 Å². The minimum atomic E-state index is 0.336. The second-order valence-corrected chi connectivity index (χ2v) is 7.39. The molecule has 1 aliphatic carbocycles. The van der Waals surface area contributed by atoms with Gasteiger partial charge in [0.25, 0.3) is 0 Å². The molecule has 1 saturated heterocycles. The highest BCUT2D eigenvalue weighted by Gasteiger charge is 2.36. The van der Waals surface area contributed by atoms with Crippen molar-refractivity contribution in [2.75, 3.05) is 13.2 Å². The van der Waals surface area contributed by atoms with E-state index in [0.29, 0.717) is 12.1 Å². The lowest BCUT2D eigenvalue weighted by atomic mass is 10.0. The lowest BCUT2D eigenvalue weighted by Crippen LogP contribution is -2.38. The number of hydrogen-bond donors (Lipinski definition) is 0. The number of nitrogens with zero attached hydrogens (tertiary/aromatic N) is 5. The third-order valence-corrected chi connectivity index (χ3v) is 5.19. The minimum absolute atomic E-state index is 0.336. The maximum Gasteiger partial charge on any atom is 0.0745 e. The Kier molecular flexibility index (Phi) is 4.41. The fourth-order valence-electron chi connectivity index (χ4n) is 3.69. The van der Waals surface area contributed by atoms with Crippen LogP contribution >= 0.6 is 0 Å². The number of rotatable bonds is 7. The van der Waals surface area contributed by atoms with Crippen molar-refractivity contribution >= 4 is 0 Å². The molecule has 2 atom stereocenters. The van der Waals surface area contributed by atoms with Gasteiger partial charge < -0.3 is 4.74 Å². The predicted octanol–water partition coefficient (Wildman–Crippen LogP) is 1.77. The van der Waals surface area contributed by atoms with Gasteiger partial charge in [-0.3, -0.25) is 14.3 Å². The van der Waals surface area contributed by atoms with E-state index >= 15 is 0 Å². The highest BCUT2D eigenvalue weighted by atomic mass is 16.5. The Morgan fingerprint density at radius 1 is 1.04 bits per heavy atom. The summed E-state index contributed by atoms with van der Waals surface area (Å²) in [7, 11) is 3.95. The van der Waals surface area contributed by atoms with Crippen molar-refractivity contribution < 1.29 is 4.74 Å². The molecule has 6 heteroatoms. The van der Waals surface area contributed by atoms with Gasteiger partial charge in [-0.1, -0.05) is 0 Å². The molecule has 2 aliphatic rings. The number of ether oxygens (including phenoxy) is 1. The van der Waals surface area contributed by atoms with Crippen LogP contribution in [0.15, 0.2) is 24.8 Å². The number of hydrogen-bond acceptors (Lipinski definition) is 4. The van der Waals surface area contributed by atoms with Gasteiger partial charge in [-0.05, 0) is 37.2 Å². The summed E-state index contributed by atoms with van der Waals surface area (Å²) in [6.45, 7) is 2.98. The molecule has 2 fully saturated rings. The summed E-state index contributed by atoms with van der Waals surface area (Å²) in [5.74, 6) is 0.816. The van der Waals surface area contributed by atoms with Crippen LogP contribution < -0.4 is 0 Å². The van der Waals surface area contributed by atoms with Crippen LogP contribution in [0.4, 0.5) is 0 Å². The Labute approximate surface area is 143 Å². The maximum atomic E-state index is 6.30. The molecule has 1 aliphatic heterocycles. The molecule has 130 valence electrons. The van der Waals surface area contributed by atoms with E-state index in [9.17, 15) is 0 Å². The van der Waals surface area contributed by atoms with E-state index < -0.39 is 0 Å². The van der Waals surface area contributed by atoms with Crippen LogP contribution in [0.1, 0.15) is 30.4 Å². The second-order valence-electron chi connectivity index (χ2n) is 7.39. The minimum Gasteiger partial charge on any atom is -0.376 e. The van der Waals surface area contributed by atoms with Crippen molar-refractivity contribution in [3.05, 3.63) is 35.9 Å². The van der Waals surface area contributed by atoms with E-state index in [2.05, 4.69) is 27.5 Å². The monoisotopic (exact) mass is 329 g/mol. The average Bonchev–Trinajstić information content (AvgIpc) is 2.98. The van der Waals surface area contributed by atoms with E-state index in [4.69, 9.17) is 4.74 Å². The molecule has 3 heterocycles. The van der Waals surface area contributed by atoms with Gasteiger partial charge in [0.2, 0.25) is 0 Å². The van der Waals surface area contributed by atoms with Crippen molar-refractivity contribution in [1.29, 1.82) is 0 Å². The normalized spacial score (nSPS) is 24.8. The molecule has 2 aromatic heterocycles. The standard InChI is InChI=1S/C18H27N5O/c1-21-10-15(8-19-21)7-17-18(24-13-14-3-4-14)5-6-23(17)12-16-9-20-22(2)11-16/h8-11,14,17-18H,3-7,12-13H2,1-2H3/t17-,18+/m0/s1. The highest BCUT2D eigenvalue weighted by molar-refractivity contribution is 5.11. The van der Waals surface area contributed by atoms with E-state index in [1.54, 1.807) is 0 Å². The first-order chi connectivity index (χ1) is 11.7. The third-order valence-electron chi connectivity index (χ3n) is 5.19. The molecule has 0 amide bonds. The third kappa shape index (κ3) is 3.70. The van der Waals surface area contributed by atoms with Gasteiger partial charge in [0.05, 0.1) is 18.5 Å². The fraction of sp³-hybridized carbons (Fsp3) is 0.667. The fourth-order valence-corrected chi connectivity index (χ4v) is 3.69. The van der Waals surface area contributed by atoms with Gasteiger partial charge in [-0.25, -0.2) is 0 Å². The van der Waals surface area contributed by atoms with Crippen molar-refractivity contribution in [2.45, 2.75) is 44.4 Å². The molecule has 0 bridgehead atoms. The molecule has 4 rings (SSSR count). The van der Waals surface area contributed by atoms with Crippen LogP contribution in [-0.2, 0) is 31.8 Å². The summed E-state index contributed by atoms with van der Waals surface area (Å²) in [5.41, 5.74) is 2.57. The summed E-state index contributed by atoms with van der Waals surface area (Å²) in [5, 5.41) is 8.63. The Balaban J connectivity index is 1.45. The van der Waals surface area contributed by atoms with Crippen LogP contribution in [0.3, 0.4) is 0 Å². The van der Waals surface area contributed by atoms with E-state index in [-0.39, 0.29) is 0 Å². The zero-order valence-corrected chi connectivity index (χ0v) is 14.6. The molecule has 24 heavy (non-hydrogen) atoms. The summed E-state index contributed by atoms with van der Waals surface area (Å²) < 4.78 is 10.1. The highest BCUT2D eigenvalue weighted by Crippen LogP contribution is 2.32. The van der Waals surface area contributed by atoms with Crippen molar-refractivity contribution in [3.8, 4) is 0 Å². The molecule has 0 aromatic carbocycles. The molecule has 1 saturated carbocycles. The lowest BCUT2D eigenvalue weighted by Gasteiger charge is -2.27. The van der Waals surface area contributed by atoms with E-state index in [1.807, 2.05) is 35.9 Å². The number of likely N-dealkylation sites (tertiary alicyclic amines) is 1. The van der Waals surface area contributed by atoms with Crippen LogP contribution in [0.25, 0.3) is 0 Å². The van der Waals surface area contributed by atoms with Crippen LogP contribution in [-0.4, -0.2) is 49.8 Å². The largest absolute Gasteiger partial charge is 0.376 e. The quantitative estimate of drug-likeness (QED) is 0.777. The molecule has 0 N–H and O–H groups in total. The Morgan fingerprint density at radius 3 is 2.38 bits per heavy atom. The molecule has 0 unspecified atom stereocenters. The average molecular weight is 329 g/mol. The topological polar surface area (TPSA) is 48.1 Å². The zero-order chi connectivity index (χ0) is 16.5. The van der Waals surface area contributed by atoms with Crippen molar-refractivity contribution in [2.24, 2.45) is 20.0 Å². The Bertz CT molecular complexity index is 675. The van der Waals surface area contributed by atoms with Crippen molar-refractivity contribution in [1.82, 2.24) is 24.5 Å². The molecule has 6 nitrogen and oxygen atoms in total. The van der Waals surface area contributed by atoms with Gasteiger partial charge in [0.15, 0.2) is 0 Å². The van der Waals surface area contributed by atoms with Crippen LogP contribution in [0, 0.1) is 5.92 Å². The first-order valence-corrected chi connectivity index (χ1v) is 8.98. The Hall–Kier alpha value is -1.66.